The fourth-order valence-corrected chi connectivity index (χ4v) is 10.2. The zero-order chi connectivity index (χ0) is 35.0. The maximum absolute atomic E-state index is 7.38. The van der Waals surface area contributed by atoms with Gasteiger partial charge in [-0.25, -0.2) is 15.0 Å². The van der Waals surface area contributed by atoms with Gasteiger partial charge in [-0.3, -0.25) is 4.57 Å². The van der Waals surface area contributed by atoms with Gasteiger partial charge < -0.3 is 23.3 Å². The van der Waals surface area contributed by atoms with E-state index in [0.29, 0.717) is 12.6 Å². The molecule has 2 aromatic heterocycles. The Bertz CT molecular complexity index is 1410. The van der Waals surface area contributed by atoms with Crippen LogP contribution in [0.5, 0.6) is 0 Å². The number of rotatable bonds is 10. The van der Waals surface area contributed by atoms with E-state index in [0.717, 1.165) is 28.8 Å². The molecule has 47 heavy (non-hydrogen) atoms. The molecule has 2 saturated carbocycles. The van der Waals surface area contributed by atoms with Crippen molar-refractivity contribution in [2.75, 3.05) is 11.9 Å². The summed E-state index contributed by atoms with van der Waals surface area (Å²) < 4.78 is 30.8. The van der Waals surface area contributed by atoms with Crippen LogP contribution in [0.25, 0.3) is 11.2 Å². The van der Waals surface area contributed by atoms with Gasteiger partial charge in [0.2, 0.25) is 0 Å². The smallest absolute Gasteiger partial charge is 0.192 e. The van der Waals surface area contributed by atoms with Gasteiger partial charge in [0.05, 0.1) is 12.9 Å². The average molecular weight is 704 g/mol. The zero-order valence-corrected chi connectivity index (χ0v) is 35.2. The van der Waals surface area contributed by atoms with Crippen molar-refractivity contribution in [3.8, 4) is 0 Å². The minimum atomic E-state index is -2.27. The number of hydrogen-bond acceptors (Lipinski definition) is 8. The molecule has 3 aliphatic rings. The van der Waals surface area contributed by atoms with E-state index in [1.165, 1.54) is 25.7 Å². The Balaban J connectivity index is 1.55. The number of hydrogen-bond donors (Lipinski definition) is 1. The SMILES string of the molecule is CC(C)(C)[Si](C)(C)OC[C@H]1O[C@@H](n2cnc3c(N[C@@H]4C[C@@H]5CC[C@H]4C5)ncnc32)[C@H](O[Si](C)(C)C(C)(C)C)[C@@H]1O[Si](C)(C)C(C)(C)C. The Hall–Kier alpha value is -1.16. The monoisotopic (exact) mass is 703 g/mol. The number of anilines is 1. The van der Waals surface area contributed by atoms with E-state index in [-0.39, 0.29) is 33.4 Å². The summed E-state index contributed by atoms with van der Waals surface area (Å²) in [5, 5.41) is 3.89. The van der Waals surface area contributed by atoms with Gasteiger partial charge in [-0.2, -0.15) is 0 Å². The quantitative estimate of drug-likeness (QED) is 0.245. The zero-order valence-electron chi connectivity index (χ0n) is 32.2. The summed E-state index contributed by atoms with van der Waals surface area (Å²) >= 11 is 0. The number of fused-ring (bicyclic) bond motifs is 3. The molecule has 1 N–H and O–H groups in total. The Labute approximate surface area is 288 Å². The molecule has 1 saturated heterocycles. The Morgan fingerprint density at radius 2 is 1.38 bits per heavy atom. The highest BCUT2D eigenvalue weighted by Gasteiger charge is 2.55. The molecule has 5 rings (SSSR count). The third-order valence-corrected chi connectivity index (χ3v) is 26.3. The average Bonchev–Trinajstić information content (AvgIpc) is 3.70. The summed E-state index contributed by atoms with van der Waals surface area (Å²) in [5.74, 6) is 2.39. The van der Waals surface area contributed by atoms with Gasteiger partial charge in [0.1, 0.15) is 24.6 Å². The fraction of sp³-hybridized carbons (Fsp3) is 0.857. The van der Waals surface area contributed by atoms with Crippen LogP contribution < -0.4 is 5.32 Å². The van der Waals surface area contributed by atoms with Crippen molar-refractivity contribution in [2.45, 2.75) is 173 Å². The number of aromatic nitrogens is 4. The number of imidazole rings is 1. The Morgan fingerprint density at radius 1 is 0.787 bits per heavy atom. The molecule has 9 nitrogen and oxygen atoms in total. The highest BCUT2D eigenvalue weighted by molar-refractivity contribution is 6.75. The molecule has 0 amide bonds. The molecule has 0 aromatic carbocycles. The van der Waals surface area contributed by atoms with Crippen molar-refractivity contribution in [3.63, 3.8) is 0 Å². The lowest BCUT2D eigenvalue weighted by molar-refractivity contribution is -0.0470. The molecule has 3 fully saturated rings. The van der Waals surface area contributed by atoms with E-state index in [9.17, 15) is 0 Å². The summed E-state index contributed by atoms with van der Waals surface area (Å²) in [6.07, 6.45) is 7.33. The van der Waals surface area contributed by atoms with Gasteiger partial charge in [-0.15, -0.1) is 0 Å². The van der Waals surface area contributed by atoms with E-state index in [1.54, 1.807) is 6.33 Å². The first-order chi connectivity index (χ1) is 21.4. The molecule has 0 spiro atoms. The lowest BCUT2D eigenvalue weighted by atomic mass is 9.95. The van der Waals surface area contributed by atoms with Crippen LogP contribution in [-0.4, -0.2) is 75.4 Å². The van der Waals surface area contributed by atoms with Crippen LogP contribution in [0.2, 0.25) is 54.4 Å². The molecule has 2 bridgehead atoms. The van der Waals surface area contributed by atoms with Crippen LogP contribution in [0.15, 0.2) is 12.7 Å². The highest BCUT2D eigenvalue weighted by Crippen LogP contribution is 2.48. The van der Waals surface area contributed by atoms with Gasteiger partial charge in [0.25, 0.3) is 0 Å². The van der Waals surface area contributed by atoms with Crippen molar-refractivity contribution in [1.82, 2.24) is 19.5 Å². The van der Waals surface area contributed by atoms with E-state index >= 15 is 0 Å². The molecule has 12 heteroatoms. The molecule has 2 aliphatic carbocycles. The first-order valence-electron chi connectivity index (χ1n) is 18.0. The molecular weight excluding hydrogens is 639 g/mol. The number of nitrogens with one attached hydrogen (secondary N) is 1. The standard InChI is InChI=1S/C35H65N5O4Si3/c1-33(2,3)45(10,11)41-20-26-28(43-46(12,13)34(4,5)6)29(44-47(14,15)35(7,8)9)32(42-26)40-22-38-27-30(36-21-37-31(27)40)39-25-19-23-16-17-24(25)18-23/h21-26,28-29,32H,16-20H2,1-15H3,(H,36,37,39)/t23-,24+,25-,26-,28-,29-,32-/m1/s1. The summed E-state index contributed by atoms with van der Waals surface area (Å²) in [6, 6.07) is 0.452. The van der Waals surface area contributed by atoms with E-state index < -0.39 is 31.2 Å². The second kappa shape index (κ2) is 12.6. The van der Waals surface area contributed by atoms with Gasteiger partial charge in [0, 0.05) is 6.04 Å². The Morgan fingerprint density at radius 3 is 1.91 bits per heavy atom. The van der Waals surface area contributed by atoms with Crippen molar-refractivity contribution >= 4 is 41.9 Å². The molecule has 0 unspecified atom stereocenters. The fourth-order valence-electron chi connectivity index (χ4n) is 6.62. The van der Waals surface area contributed by atoms with Crippen molar-refractivity contribution < 1.29 is 18.0 Å². The minimum Gasteiger partial charge on any atom is -0.414 e. The topological polar surface area (TPSA) is 92.6 Å². The molecule has 266 valence electrons. The van der Waals surface area contributed by atoms with Crippen LogP contribution in [0.4, 0.5) is 5.82 Å². The first kappa shape index (κ1) is 37.1. The molecular formula is C35H65N5O4Si3. The third-order valence-electron chi connectivity index (χ3n) is 12.9. The van der Waals surface area contributed by atoms with Crippen LogP contribution in [0.3, 0.4) is 0 Å². The molecule has 0 radical (unpaired) electrons. The number of nitrogens with zero attached hydrogens (tertiary/aromatic N) is 4. The lowest BCUT2D eigenvalue weighted by Gasteiger charge is -2.44. The van der Waals surface area contributed by atoms with Crippen molar-refractivity contribution in [3.05, 3.63) is 12.7 Å². The van der Waals surface area contributed by atoms with E-state index in [4.69, 9.17) is 33.0 Å². The minimum absolute atomic E-state index is 0.00569. The van der Waals surface area contributed by atoms with Gasteiger partial charge >= 0.3 is 0 Å². The van der Waals surface area contributed by atoms with Crippen LogP contribution >= 0.6 is 0 Å². The Kier molecular flexibility index (Phi) is 9.91. The second-order valence-electron chi connectivity index (χ2n) is 19.3. The van der Waals surface area contributed by atoms with Crippen molar-refractivity contribution in [2.24, 2.45) is 11.8 Å². The van der Waals surface area contributed by atoms with Gasteiger partial charge in [-0.05, 0) is 85.5 Å². The third kappa shape index (κ3) is 7.35. The molecule has 3 heterocycles. The summed E-state index contributed by atoms with van der Waals surface area (Å²) in [4.78, 5) is 14.4. The van der Waals surface area contributed by atoms with Crippen molar-refractivity contribution in [1.29, 1.82) is 0 Å². The van der Waals surface area contributed by atoms with Crippen LogP contribution in [0.1, 0.15) is 94.2 Å². The maximum Gasteiger partial charge on any atom is 0.192 e. The summed E-state index contributed by atoms with van der Waals surface area (Å²) in [7, 11) is -6.58. The molecule has 7 atom stereocenters. The second-order valence-corrected chi connectivity index (χ2v) is 33.6. The lowest BCUT2D eigenvalue weighted by Crippen LogP contribution is -2.54. The molecule has 2 aromatic rings. The van der Waals surface area contributed by atoms with Crippen LogP contribution in [-0.2, 0) is 18.0 Å². The predicted octanol–water partition coefficient (Wildman–Crippen LogP) is 9.13. The first-order valence-corrected chi connectivity index (χ1v) is 26.7. The van der Waals surface area contributed by atoms with Gasteiger partial charge in [-0.1, -0.05) is 68.7 Å². The largest absolute Gasteiger partial charge is 0.414 e. The predicted molar refractivity (Wildman–Crippen MR) is 199 cm³/mol. The van der Waals surface area contributed by atoms with Gasteiger partial charge in [0.15, 0.2) is 48.2 Å². The van der Waals surface area contributed by atoms with E-state index in [2.05, 4.69) is 111 Å². The summed E-state index contributed by atoms with van der Waals surface area (Å²) in [6.45, 7) is 34.9. The molecule has 1 aliphatic heterocycles. The maximum atomic E-state index is 7.38. The van der Waals surface area contributed by atoms with Crippen LogP contribution in [0, 0.1) is 11.8 Å². The summed E-state index contributed by atoms with van der Waals surface area (Å²) in [5.41, 5.74) is 1.55. The number of ether oxygens (including phenoxy) is 1. The van der Waals surface area contributed by atoms with E-state index in [1.807, 2.05) is 6.33 Å². The normalized spacial score (nSPS) is 29.3. The highest BCUT2D eigenvalue weighted by atomic mass is 28.4.